The number of likely N-dealkylation sites (tertiary alicyclic amines) is 2. The van der Waals surface area contributed by atoms with Crippen LogP contribution in [0.25, 0.3) is 0 Å². The highest BCUT2D eigenvalue weighted by Gasteiger charge is 2.30. The zero-order chi connectivity index (χ0) is 16.8. The fourth-order valence-corrected chi connectivity index (χ4v) is 3.82. The normalized spacial score (nSPS) is 23.5. The highest BCUT2D eigenvalue weighted by molar-refractivity contribution is 5.85. The van der Waals surface area contributed by atoms with Crippen LogP contribution in [0.4, 0.5) is 0 Å². The molecule has 2 aliphatic rings. The molecule has 2 amide bonds. The van der Waals surface area contributed by atoms with E-state index in [9.17, 15) is 9.59 Å². The minimum Gasteiger partial charge on any atom is -0.467 e. The van der Waals surface area contributed by atoms with Crippen molar-refractivity contribution in [1.29, 1.82) is 0 Å². The van der Waals surface area contributed by atoms with Gasteiger partial charge in [0, 0.05) is 19.5 Å². The van der Waals surface area contributed by atoms with E-state index in [1.54, 1.807) is 11.2 Å². The number of rotatable bonds is 3. The van der Waals surface area contributed by atoms with Gasteiger partial charge in [-0.1, -0.05) is 25.7 Å². The number of hydrogen-bond donors (Lipinski definition) is 0. The number of furan rings is 1. The molecule has 0 radical (unpaired) electrons. The fraction of sp³-hybridized carbons (Fsp3) is 0.684. The summed E-state index contributed by atoms with van der Waals surface area (Å²) in [6.07, 6.45) is 10.7. The average Bonchev–Trinajstić information content (AvgIpc) is 2.98. The molecule has 0 aliphatic carbocycles. The summed E-state index contributed by atoms with van der Waals surface area (Å²) in [5, 5.41) is 0. The van der Waals surface area contributed by atoms with Gasteiger partial charge in [0.15, 0.2) is 0 Å². The molecular weight excluding hydrogens is 304 g/mol. The highest BCUT2D eigenvalue weighted by Crippen LogP contribution is 2.30. The van der Waals surface area contributed by atoms with E-state index in [4.69, 9.17) is 4.42 Å². The van der Waals surface area contributed by atoms with Crippen molar-refractivity contribution in [2.45, 2.75) is 63.8 Å². The van der Waals surface area contributed by atoms with Gasteiger partial charge in [-0.3, -0.25) is 9.59 Å². The number of amides is 2. The Hall–Kier alpha value is -1.78. The number of carbonyl (C=O) groups is 2. The van der Waals surface area contributed by atoms with Crippen LogP contribution in [0.1, 0.15) is 69.6 Å². The second kappa shape index (κ2) is 8.36. The molecule has 3 heterocycles. The van der Waals surface area contributed by atoms with Crippen LogP contribution in [-0.2, 0) is 9.59 Å². The van der Waals surface area contributed by atoms with Gasteiger partial charge in [-0.25, -0.2) is 0 Å². The van der Waals surface area contributed by atoms with E-state index in [0.717, 1.165) is 63.7 Å². The Balaban J connectivity index is 1.69. The van der Waals surface area contributed by atoms with Crippen LogP contribution >= 0.6 is 0 Å². The molecule has 1 atom stereocenters. The molecule has 0 bridgehead atoms. The van der Waals surface area contributed by atoms with Crippen molar-refractivity contribution in [1.82, 2.24) is 9.80 Å². The standard InChI is InChI=1S/C19H28N2O3/c22-18-11-5-1-2-6-12-20(18)15-19(23)21-13-7-3-4-9-16(21)17-10-8-14-24-17/h8,10,14,16H,1-7,9,11-13,15H2. The average molecular weight is 332 g/mol. The summed E-state index contributed by atoms with van der Waals surface area (Å²) < 4.78 is 5.58. The fourth-order valence-electron chi connectivity index (χ4n) is 3.82. The largest absolute Gasteiger partial charge is 0.467 e. The third kappa shape index (κ3) is 4.19. The molecule has 5 heteroatoms. The molecule has 1 aromatic heterocycles. The first-order valence-corrected chi connectivity index (χ1v) is 9.36. The quantitative estimate of drug-likeness (QED) is 0.851. The van der Waals surface area contributed by atoms with E-state index in [1.165, 1.54) is 0 Å². The van der Waals surface area contributed by atoms with Gasteiger partial charge in [0.25, 0.3) is 0 Å². The highest BCUT2D eigenvalue weighted by atomic mass is 16.3. The lowest BCUT2D eigenvalue weighted by Gasteiger charge is -2.32. The minimum absolute atomic E-state index is 0.0138. The Morgan fingerprint density at radius 2 is 1.88 bits per heavy atom. The number of hydrogen-bond acceptors (Lipinski definition) is 3. The maximum atomic E-state index is 13.0. The van der Waals surface area contributed by atoms with Gasteiger partial charge in [0.1, 0.15) is 5.76 Å². The molecule has 2 fully saturated rings. The van der Waals surface area contributed by atoms with Crippen molar-refractivity contribution in [3.05, 3.63) is 24.2 Å². The topological polar surface area (TPSA) is 53.8 Å². The SMILES string of the molecule is O=C1CCCCCCN1CC(=O)N1CCCCCC1c1ccco1. The maximum absolute atomic E-state index is 13.0. The first-order chi connectivity index (χ1) is 11.8. The Bertz CT molecular complexity index is 541. The van der Waals surface area contributed by atoms with Gasteiger partial charge in [0.2, 0.25) is 11.8 Å². The summed E-state index contributed by atoms with van der Waals surface area (Å²) in [6.45, 7) is 1.69. The van der Waals surface area contributed by atoms with Gasteiger partial charge >= 0.3 is 0 Å². The van der Waals surface area contributed by atoms with E-state index in [0.29, 0.717) is 13.0 Å². The van der Waals surface area contributed by atoms with Gasteiger partial charge < -0.3 is 14.2 Å². The second-order valence-corrected chi connectivity index (χ2v) is 6.95. The predicted octanol–water partition coefficient (Wildman–Crippen LogP) is 3.52. The van der Waals surface area contributed by atoms with E-state index in [-0.39, 0.29) is 24.4 Å². The van der Waals surface area contributed by atoms with Gasteiger partial charge in [-0.15, -0.1) is 0 Å². The molecule has 1 aromatic rings. The van der Waals surface area contributed by atoms with Crippen molar-refractivity contribution in [2.24, 2.45) is 0 Å². The zero-order valence-electron chi connectivity index (χ0n) is 14.4. The summed E-state index contributed by atoms with van der Waals surface area (Å²) in [6, 6.07) is 3.85. The van der Waals surface area contributed by atoms with Crippen LogP contribution in [0.2, 0.25) is 0 Å². The molecule has 2 aliphatic heterocycles. The summed E-state index contributed by atoms with van der Waals surface area (Å²) >= 11 is 0. The van der Waals surface area contributed by atoms with Crippen LogP contribution in [0, 0.1) is 0 Å². The van der Waals surface area contributed by atoms with Gasteiger partial charge in [-0.05, 0) is 37.8 Å². The molecule has 0 spiro atoms. The number of nitrogens with zero attached hydrogens (tertiary/aromatic N) is 2. The number of carbonyl (C=O) groups excluding carboxylic acids is 2. The Labute approximate surface area is 144 Å². The zero-order valence-corrected chi connectivity index (χ0v) is 14.4. The summed E-state index contributed by atoms with van der Waals surface area (Å²) in [7, 11) is 0. The molecule has 0 aromatic carbocycles. The van der Waals surface area contributed by atoms with E-state index in [2.05, 4.69) is 0 Å². The molecule has 24 heavy (non-hydrogen) atoms. The van der Waals surface area contributed by atoms with E-state index < -0.39 is 0 Å². The van der Waals surface area contributed by atoms with E-state index >= 15 is 0 Å². The lowest BCUT2D eigenvalue weighted by molar-refractivity contribution is -0.142. The third-order valence-corrected chi connectivity index (χ3v) is 5.19. The van der Waals surface area contributed by atoms with Crippen LogP contribution in [0.15, 0.2) is 22.8 Å². The molecule has 2 saturated heterocycles. The Kier molecular flexibility index (Phi) is 5.94. The summed E-state index contributed by atoms with van der Waals surface area (Å²) in [4.78, 5) is 29.0. The van der Waals surface area contributed by atoms with Crippen molar-refractivity contribution >= 4 is 11.8 Å². The van der Waals surface area contributed by atoms with Crippen LogP contribution in [0.3, 0.4) is 0 Å². The molecule has 1 unspecified atom stereocenters. The summed E-state index contributed by atoms with van der Waals surface area (Å²) in [5.74, 6) is 1.06. The molecule has 132 valence electrons. The van der Waals surface area contributed by atoms with Crippen molar-refractivity contribution in [3.63, 3.8) is 0 Å². The van der Waals surface area contributed by atoms with Gasteiger partial charge in [0.05, 0.1) is 18.8 Å². The monoisotopic (exact) mass is 332 g/mol. The molecule has 0 saturated carbocycles. The Morgan fingerprint density at radius 3 is 2.71 bits per heavy atom. The summed E-state index contributed by atoms with van der Waals surface area (Å²) in [5.41, 5.74) is 0. The maximum Gasteiger partial charge on any atom is 0.242 e. The second-order valence-electron chi connectivity index (χ2n) is 6.95. The van der Waals surface area contributed by atoms with Gasteiger partial charge in [-0.2, -0.15) is 0 Å². The van der Waals surface area contributed by atoms with Crippen molar-refractivity contribution in [2.75, 3.05) is 19.6 Å². The van der Waals surface area contributed by atoms with Crippen LogP contribution in [-0.4, -0.2) is 41.2 Å². The lowest BCUT2D eigenvalue weighted by atomic mass is 10.1. The molecule has 0 N–H and O–H groups in total. The first-order valence-electron chi connectivity index (χ1n) is 9.36. The van der Waals surface area contributed by atoms with Crippen LogP contribution < -0.4 is 0 Å². The van der Waals surface area contributed by atoms with Crippen LogP contribution in [0.5, 0.6) is 0 Å². The minimum atomic E-state index is 0.0138. The lowest BCUT2D eigenvalue weighted by Crippen LogP contribution is -2.44. The molecule has 3 rings (SSSR count). The molecule has 5 nitrogen and oxygen atoms in total. The van der Waals surface area contributed by atoms with Crippen molar-refractivity contribution < 1.29 is 14.0 Å². The smallest absolute Gasteiger partial charge is 0.242 e. The third-order valence-electron chi connectivity index (χ3n) is 5.19. The van der Waals surface area contributed by atoms with E-state index in [1.807, 2.05) is 17.0 Å². The molecular formula is C19H28N2O3. The van der Waals surface area contributed by atoms with Crippen molar-refractivity contribution in [3.8, 4) is 0 Å². The predicted molar refractivity (Wildman–Crippen MR) is 91.3 cm³/mol. The Morgan fingerprint density at radius 1 is 1.08 bits per heavy atom. The first kappa shape index (κ1) is 17.1.